The number of rotatable bonds is 8. The van der Waals surface area contributed by atoms with E-state index in [4.69, 9.17) is 9.47 Å². The first-order valence-corrected chi connectivity index (χ1v) is 12.4. The molecule has 2 aliphatic heterocycles. The molecule has 7 heteroatoms. The molecule has 0 radical (unpaired) electrons. The van der Waals surface area contributed by atoms with Gasteiger partial charge in [0.25, 0.3) is 5.91 Å². The molecule has 4 rings (SSSR count). The van der Waals surface area contributed by atoms with Gasteiger partial charge in [-0.05, 0) is 87.2 Å². The highest BCUT2D eigenvalue weighted by atomic mass is 16.5. The van der Waals surface area contributed by atoms with E-state index in [1.54, 1.807) is 50.6 Å². The molecule has 2 aromatic rings. The summed E-state index contributed by atoms with van der Waals surface area (Å²) in [5.74, 6) is 1.50. The average Bonchev–Trinajstić information content (AvgIpc) is 2.90. The van der Waals surface area contributed by atoms with Crippen molar-refractivity contribution in [1.29, 1.82) is 0 Å². The van der Waals surface area contributed by atoms with Crippen LogP contribution in [0, 0.1) is 5.92 Å². The zero-order valence-corrected chi connectivity index (χ0v) is 20.6. The van der Waals surface area contributed by atoms with E-state index in [2.05, 4.69) is 15.5 Å². The van der Waals surface area contributed by atoms with Crippen molar-refractivity contribution >= 4 is 23.6 Å². The van der Waals surface area contributed by atoms with Crippen molar-refractivity contribution < 1.29 is 19.1 Å². The second-order valence-electron chi connectivity index (χ2n) is 9.22. The van der Waals surface area contributed by atoms with Crippen molar-refractivity contribution in [3.05, 3.63) is 59.7 Å². The van der Waals surface area contributed by atoms with Crippen molar-refractivity contribution in [2.24, 2.45) is 5.92 Å². The molecular formula is C28H35N3O4. The molecule has 0 unspecified atom stereocenters. The lowest BCUT2D eigenvalue weighted by Crippen LogP contribution is -2.51. The van der Waals surface area contributed by atoms with Gasteiger partial charge in [0.15, 0.2) is 0 Å². The van der Waals surface area contributed by atoms with Crippen LogP contribution in [0.25, 0.3) is 6.08 Å². The van der Waals surface area contributed by atoms with Crippen LogP contribution in [0.1, 0.15) is 48.0 Å². The van der Waals surface area contributed by atoms with Crippen LogP contribution in [0.2, 0.25) is 0 Å². The lowest BCUT2D eigenvalue weighted by molar-refractivity contribution is -0.111. The molecule has 0 bridgehead atoms. The lowest BCUT2D eigenvalue weighted by atomic mass is 9.83. The number of anilines is 1. The maximum atomic E-state index is 12.7. The summed E-state index contributed by atoms with van der Waals surface area (Å²) in [5, 5.41) is 5.96. The maximum Gasteiger partial charge on any atom is 0.251 e. The minimum absolute atomic E-state index is 0.0673. The highest BCUT2D eigenvalue weighted by molar-refractivity contribution is 6.02. The van der Waals surface area contributed by atoms with Crippen LogP contribution < -0.4 is 20.1 Å². The lowest BCUT2D eigenvalue weighted by Gasteiger charge is -2.44. The van der Waals surface area contributed by atoms with Crippen LogP contribution in [0.3, 0.4) is 0 Å². The fraction of sp³-hybridized carbons (Fsp3) is 0.429. The molecule has 0 aromatic heterocycles. The van der Waals surface area contributed by atoms with E-state index in [0.29, 0.717) is 34.7 Å². The molecule has 2 N–H and O–H groups in total. The number of amides is 2. The van der Waals surface area contributed by atoms with Gasteiger partial charge in [-0.3, -0.25) is 9.59 Å². The van der Waals surface area contributed by atoms with Crippen LogP contribution in [0.5, 0.6) is 11.5 Å². The Morgan fingerprint density at radius 1 is 1.00 bits per heavy atom. The normalized spacial score (nSPS) is 20.2. The van der Waals surface area contributed by atoms with Crippen LogP contribution in [-0.2, 0) is 4.79 Å². The zero-order valence-electron chi connectivity index (χ0n) is 20.6. The van der Waals surface area contributed by atoms with Gasteiger partial charge in [0.2, 0.25) is 5.91 Å². The molecule has 35 heavy (non-hydrogen) atoms. The molecule has 2 aromatic carbocycles. The molecule has 186 valence electrons. The van der Waals surface area contributed by atoms with E-state index < -0.39 is 0 Å². The van der Waals surface area contributed by atoms with Crippen molar-refractivity contribution in [2.75, 3.05) is 39.2 Å². The fourth-order valence-corrected chi connectivity index (χ4v) is 5.15. The minimum Gasteiger partial charge on any atom is -0.497 e. The van der Waals surface area contributed by atoms with Crippen LogP contribution in [0.15, 0.2) is 48.5 Å². The van der Waals surface area contributed by atoms with Crippen LogP contribution >= 0.6 is 0 Å². The second kappa shape index (κ2) is 11.9. The highest BCUT2D eigenvalue weighted by Gasteiger charge is 2.32. The molecule has 2 aliphatic rings. The summed E-state index contributed by atoms with van der Waals surface area (Å²) in [5.41, 5.74) is 1.99. The molecule has 0 aliphatic carbocycles. The Labute approximate surface area is 207 Å². The SMILES string of the molecule is COc1ccc(C=CC(=O)Nc2ccc(C(=O)NC[C@@H]3CCCN4CCCC[C@H]34)cc2)c(OC)c1. The summed E-state index contributed by atoms with van der Waals surface area (Å²) >= 11 is 0. The first-order chi connectivity index (χ1) is 17.1. The standard InChI is InChI=1S/C28H35N3O4/c1-34-24-14-10-20(26(18-24)35-2)11-15-27(32)30-23-12-8-21(9-13-23)28(33)29-19-22-6-5-17-31-16-4-3-7-25(22)31/h8-15,18,22,25H,3-7,16-17,19H2,1-2H3,(H,29,33)(H,30,32)/t22-,25+/m0/s1. The Morgan fingerprint density at radius 2 is 1.80 bits per heavy atom. The van der Waals surface area contributed by atoms with Gasteiger partial charge in [-0.15, -0.1) is 0 Å². The fourth-order valence-electron chi connectivity index (χ4n) is 5.15. The summed E-state index contributed by atoms with van der Waals surface area (Å²) in [4.78, 5) is 27.7. The molecule has 7 nitrogen and oxygen atoms in total. The Balaban J connectivity index is 1.28. The van der Waals surface area contributed by atoms with Gasteiger partial charge in [-0.25, -0.2) is 0 Å². The number of methoxy groups -OCH3 is 2. The molecule has 2 heterocycles. The van der Waals surface area contributed by atoms with Crippen molar-refractivity contribution in [1.82, 2.24) is 10.2 Å². The third kappa shape index (κ3) is 6.42. The topological polar surface area (TPSA) is 79.9 Å². The summed E-state index contributed by atoms with van der Waals surface area (Å²) < 4.78 is 10.6. The number of piperidine rings is 2. The monoisotopic (exact) mass is 477 g/mol. The van der Waals surface area contributed by atoms with Crippen molar-refractivity contribution in [2.45, 2.75) is 38.1 Å². The number of carbonyl (C=O) groups is 2. The number of carbonyl (C=O) groups excluding carboxylic acids is 2. The van der Waals surface area contributed by atoms with E-state index in [0.717, 1.165) is 12.1 Å². The number of hydrogen-bond donors (Lipinski definition) is 2. The van der Waals surface area contributed by atoms with E-state index in [9.17, 15) is 9.59 Å². The Hall–Kier alpha value is -3.32. The number of nitrogens with one attached hydrogen (secondary N) is 2. The third-order valence-electron chi connectivity index (χ3n) is 7.02. The number of benzene rings is 2. The summed E-state index contributed by atoms with van der Waals surface area (Å²) in [6, 6.07) is 13.0. The Bertz CT molecular complexity index is 1050. The maximum absolute atomic E-state index is 12.7. The van der Waals surface area contributed by atoms with Gasteiger partial charge in [0, 0.05) is 41.5 Å². The molecule has 0 saturated carbocycles. The largest absolute Gasteiger partial charge is 0.497 e. The predicted octanol–water partition coefficient (Wildman–Crippen LogP) is 4.35. The number of hydrogen-bond acceptors (Lipinski definition) is 5. The predicted molar refractivity (Wildman–Crippen MR) is 138 cm³/mol. The van der Waals surface area contributed by atoms with Gasteiger partial charge < -0.3 is 25.0 Å². The first-order valence-electron chi connectivity index (χ1n) is 12.4. The Morgan fingerprint density at radius 3 is 2.57 bits per heavy atom. The van der Waals surface area contributed by atoms with Crippen LogP contribution in [0.4, 0.5) is 5.69 Å². The molecule has 2 fully saturated rings. The molecule has 2 saturated heterocycles. The number of ether oxygens (including phenoxy) is 2. The van der Waals surface area contributed by atoms with Gasteiger partial charge in [0.1, 0.15) is 11.5 Å². The average molecular weight is 478 g/mol. The first kappa shape index (κ1) is 24.8. The second-order valence-corrected chi connectivity index (χ2v) is 9.22. The summed E-state index contributed by atoms with van der Waals surface area (Å²) in [6.07, 6.45) is 9.37. The van der Waals surface area contributed by atoms with Gasteiger partial charge in [0.05, 0.1) is 14.2 Å². The summed E-state index contributed by atoms with van der Waals surface area (Å²) in [7, 11) is 3.16. The molecular weight excluding hydrogens is 442 g/mol. The smallest absolute Gasteiger partial charge is 0.251 e. The zero-order chi connectivity index (χ0) is 24.6. The number of nitrogens with zero attached hydrogens (tertiary/aromatic N) is 1. The highest BCUT2D eigenvalue weighted by Crippen LogP contribution is 2.30. The van der Waals surface area contributed by atoms with E-state index in [1.807, 2.05) is 12.1 Å². The Kier molecular flexibility index (Phi) is 8.42. The minimum atomic E-state index is -0.269. The van der Waals surface area contributed by atoms with E-state index in [1.165, 1.54) is 51.3 Å². The van der Waals surface area contributed by atoms with Crippen LogP contribution in [-0.4, -0.2) is 56.6 Å². The molecule has 2 atom stereocenters. The van der Waals surface area contributed by atoms with Gasteiger partial charge in [-0.2, -0.15) is 0 Å². The van der Waals surface area contributed by atoms with Gasteiger partial charge in [-0.1, -0.05) is 6.42 Å². The molecule has 0 spiro atoms. The third-order valence-corrected chi connectivity index (χ3v) is 7.02. The summed E-state index contributed by atoms with van der Waals surface area (Å²) in [6.45, 7) is 3.12. The quantitative estimate of drug-likeness (QED) is 0.553. The van der Waals surface area contributed by atoms with Crippen molar-refractivity contribution in [3.8, 4) is 11.5 Å². The van der Waals surface area contributed by atoms with E-state index in [-0.39, 0.29) is 11.8 Å². The van der Waals surface area contributed by atoms with Crippen molar-refractivity contribution in [3.63, 3.8) is 0 Å². The van der Waals surface area contributed by atoms with Gasteiger partial charge >= 0.3 is 0 Å². The number of fused-ring (bicyclic) bond motifs is 1. The van der Waals surface area contributed by atoms with E-state index >= 15 is 0 Å². The molecule has 2 amide bonds.